The van der Waals surface area contributed by atoms with Gasteiger partial charge < -0.3 is 14.7 Å². The molecule has 0 aliphatic heterocycles. The number of nitrogens with zero attached hydrogens (tertiary/aromatic N) is 1. The van der Waals surface area contributed by atoms with Gasteiger partial charge >= 0.3 is 6.09 Å². The number of carbonyl (C=O) groups excluding carboxylic acids is 1. The van der Waals surface area contributed by atoms with Crippen LogP contribution in [-0.4, -0.2) is 35.3 Å². The normalized spacial score (nSPS) is 11.2. The molecule has 106 valence electrons. The average Bonchev–Trinajstić information content (AvgIpc) is 2.28. The summed E-state index contributed by atoms with van der Waals surface area (Å²) in [6, 6.07) is 5.31. The monoisotopic (exact) mass is 329 g/mol. The van der Waals surface area contributed by atoms with Gasteiger partial charge in [0.15, 0.2) is 0 Å². The Labute approximate surface area is 122 Å². The van der Waals surface area contributed by atoms with Gasteiger partial charge in [-0.25, -0.2) is 4.79 Å². The zero-order valence-electron chi connectivity index (χ0n) is 11.7. The molecule has 4 nitrogen and oxygen atoms in total. The number of phenols is 1. The Bertz CT molecular complexity index is 454. The number of aromatic hydroxyl groups is 1. The first kappa shape index (κ1) is 15.8. The van der Waals surface area contributed by atoms with Crippen LogP contribution in [0.3, 0.4) is 0 Å². The first-order chi connectivity index (χ1) is 8.69. The molecule has 0 bridgehead atoms. The van der Waals surface area contributed by atoms with Gasteiger partial charge in [-0.05, 0) is 60.8 Å². The Morgan fingerprint density at radius 2 is 2.05 bits per heavy atom. The molecule has 0 aromatic heterocycles. The third-order valence-electron chi connectivity index (χ3n) is 2.45. The molecular formula is C14H20BrNO3. The highest BCUT2D eigenvalue weighted by molar-refractivity contribution is 9.10. The van der Waals surface area contributed by atoms with Crippen LogP contribution < -0.4 is 0 Å². The quantitative estimate of drug-likeness (QED) is 0.922. The van der Waals surface area contributed by atoms with E-state index in [1.165, 1.54) is 0 Å². The van der Waals surface area contributed by atoms with Crippen molar-refractivity contribution in [2.24, 2.45) is 0 Å². The average molecular weight is 330 g/mol. The molecule has 1 rings (SSSR count). The first-order valence-corrected chi connectivity index (χ1v) is 6.90. The SMILES string of the molecule is CN(CCc1ccc(O)c(Br)c1)C(=O)OC(C)(C)C. The number of hydrogen-bond acceptors (Lipinski definition) is 3. The van der Waals surface area contributed by atoms with Gasteiger partial charge in [0.25, 0.3) is 0 Å². The highest BCUT2D eigenvalue weighted by Gasteiger charge is 2.19. The summed E-state index contributed by atoms with van der Waals surface area (Å²) in [4.78, 5) is 13.3. The van der Waals surface area contributed by atoms with Gasteiger partial charge in [0.1, 0.15) is 11.4 Å². The molecule has 1 N–H and O–H groups in total. The van der Waals surface area contributed by atoms with Gasteiger partial charge in [0.2, 0.25) is 0 Å². The van der Waals surface area contributed by atoms with E-state index in [4.69, 9.17) is 4.74 Å². The number of benzene rings is 1. The minimum absolute atomic E-state index is 0.212. The van der Waals surface area contributed by atoms with Gasteiger partial charge in [-0.15, -0.1) is 0 Å². The molecule has 0 unspecified atom stereocenters. The predicted octanol–water partition coefficient (Wildman–Crippen LogP) is 3.56. The zero-order chi connectivity index (χ0) is 14.6. The number of halogens is 1. The maximum absolute atomic E-state index is 11.8. The number of hydrogen-bond donors (Lipinski definition) is 1. The summed E-state index contributed by atoms with van der Waals surface area (Å²) in [5, 5.41) is 9.41. The van der Waals surface area contributed by atoms with Gasteiger partial charge in [-0.1, -0.05) is 6.07 Å². The van der Waals surface area contributed by atoms with Crippen LogP contribution in [0, 0.1) is 0 Å². The van der Waals surface area contributed by atoms with Crippen LogP contribution >= 0.6 is 15.9 Å². The molecule has 1 aromatic rings. The largest absolute Gasteiger partial charge is 0.507 e. The van der Waals surface area contributed by atoms with E-state index in [0.717, 1.165) is 5.56 Å². The Morgan fingerprint density at radius 3 is 2.58 bits per heavy atom. The highest BCUT2D eigenvalue weighted by Crippen LogP contribution is 2.24. The topological polar surface area (TPSA) is 49.8 Å². The van der Waals surface area contributed by atoms with Gasteiger partial charge in [-0.2, -0.15) is 0 Å². The van der Waals surface area contributed by atoms with Crippen LogP contribution in [0.5, 0.6) is 5.75 Å². The second-order valence-corrected chi connectivity index (χ2v) is 6.29. The van der Waals surface area contributed by atoms with Crippen molar-refractivity contribution in [2.75, 3.05) is 13.6 Å². The van der Waals surface area contributed by atoms with Crippen LogP contribution in [0.4, 0.5) is 4.79 Å². The molecule has 0 radical (unpaired) electrons. The van der Waals surface area contributed by atoms with E-state index in [2.05, 4.69) is 15.9 Å². The lowest BCUT2D eigenvalue weighted by Gasteiger charge is -2.24. The molecule has 0 atom stereocenters. The number of ether oxygens (including phenoxy) is 1. The Hall–Kier alpha value is -1.23. The molecule has 5 heteroatoms. The molecule has 0 aliphatic rings. The second-order valence-electron chi connectivity index (χ2n) is 5.44. The summed E-state index contributed by atoms with van der Waals surface area (Å²) in [5.74, 6) is 0.212. The van der Waals surface area contributed by atoms with Crippen LogP contribution in [-0.2, 0) is 11.2 Å². The second kappa shape index (κ2) is 6.28. The first-order valence-electron chi connectivity index (χ1n) is 6.10. The summed E-state index contributed by atoms with van der Waals surface area (Å²) in [7, 11) is 1.71. The number of rotatable bonds is 3. The molecule has 0 saturated carbocycles. The maximum atomic E-state index is 11.8. The van der Waals surface area contributed by atoms with Crippen LogP contribution in [0.15, 0.2) is 22.7 Å². The zero-order valence-corrected chi connectivity index (χ0v) is 13.3. The van der Waals surface area contributed by atoms with Gasteiger partial charge in [0.05, 0.1) is 4.47 Å². The Kier molecular flexibility index (Phi) is 5.23. The molecule has 0 spiro atoms. The Morgan fingerprint density at radius 1 is 1.42 bits per heavy atom. The van der Waals surface area contributed by atoms with Crippen molar-refractivity contribution in [1.82, 2.24) is 4.90 Å². The predicted molar refractivity (Wildman–Crippen MR) is 78.4 cm³/mol. The van der Waals surface area contributed by atoms with Crippen molar-refractivity contribution < 1.29 is 14.6 Å². The van der Waals surface area contributed by atoms with E-state index < -0.39 is 5.60 Å². The lowest BCUT2D eigenvalue weighted by molar-refractivity contribution is 0.0301. The van der Waals surface area contributed by atoms with Crippen LogP contribution in [0.25, 0.3) is 0 Å². The van der Waals surface area contributed by atoms with Crippen molar-refractivity contribution in [3.05, 3.63) is 28.2 Å². The minimum Gasteiger partial charge on any atom is -0.507 e. The van der Waals surface area contributed by atoms with E-state index >= 15 is 0 Å². The fraction of sp³-hybridized carbons (Fsp3) is 0.500. The molecular weight excluding hydrogens is 310 g/mol. The summed E-state index contributed by atoms with van der Waals surface area (Å²) in [6.45, 7) is 6.09. The molecule has 1 amide bonds. The number of likely N-dealkylation sites (N-methyl/N-ethyl adjacent to an activating group) is 1. The molecule has 0 heterocycles. The summed E-state index contributed by atoms with van der Waals surface area (Å²) >= 11 is 3.27. The van der Waals surface area contributed by atoms with Gasteiger partial charge in [0, 0.05) is 13.6 Å². The third kappa shape index (κ3) is 5.51. The molecule has 1 aromatic carbocycles. The van der Waals surface area contributed by atoms with Crippen LogP contribution in [0.1, 0.15) is 26.3 Å². The summed E-state index contributed by atoms with van der Waals surface area (Å²) < 4.78 is 5.93. The number of amides is 1. The third-order valence-corrected chi connectivity index (χ3v) is 3.09. The standard InChI is InChI=1S/C14H20BrNO3/c1-14(2,3)19-13(18)16(4)8-7-10-5-6-12(17)11(15)9-10/h5-6,9,17H,7-8H2,1-4H3. The minimum atomic E-state index is -0.479. The van der Waals surface area contributed by atoms with Crippen molar-refractivity contribution >= 4 is 22.0 Å². The van der Waals surface area contributed by atoms with E-state index in [9.17, 15) is 9.90 Å². The molecule has 19 heavy (non-hydrogen) atoms. The smallest absolute Gasteiger partial charge is 0.410 e. The van der Waals surface area contributed by atoms with E-state index in [1.54, 1.807) is 18.0 Å². The van der Waals surface area contributed by atoms with E-state index in [-0.39, 0.29) is 11.8 Å². The van der Waals surface area contributed by atoms with Crippen molar-refractivity contribution in [1.29, 1.82) is 0 Å². The number of carbonyl (C=O) groups is 1. The maximum Gasteiger partial charge on any atom is 0.410 e. The molecule has 0 saturated heterocycles. The fourth-order valence-corrected chi connectivity index (χ4v) is 1.86. The highest BCUT2D eigenvalue weighted by atomic mass is 79.9. The lowest BCUT2D eigenvalue weighted by Crippen LogP contribution is -2.35. The number of phenolic OH excluding ortho intramolecular Hbond substituents is 1. The van der Waals surface area contributed by atoms with Crippen molar-refractivity contribution in [3.8, 4) is 5.75 Å². The van der Waals surface area contributed by atoms with Crippen molar-refractivity contribution in [2.45, 2.75) is 32.8 Å². The van der Waals surface area contributed by atoms with Gasteiger partial charge in [-0.3, -0.25) is 0 Å². The van der Waals surface area contributed by atoms with Crippen molar-refractivity contribution in [3.63, 3.8) is 0 Å². The fourth-order valence-electron chi connectivity index (χ4n) is 1.43. The lowest BCUT2D eigenvalue weighted by atomic mass is 10.1. The van der Waals surface area contributed by atoms with E-state index in [1.807, 2.05) is 32.9 Å². The summed E-state index contributed by atoms with van der Waals surface area (Å²) in [6.07, 6.45) is 0.375. The van der Waals surface area contributed by atoms with Crippen LogP contribution in [0.2, 0.25) is 0 Å². The molecule has 0 fully saturated rings. The van der Waals surface area contributed by atoms with E-state index in [0.29, 0.717) is 17.4 Å². The molecule has 0 aliphatic carbocycles. The summed E-state index contributed by atoms with van der Waals surface area (Å²) in [5.41, 5.74) is 0.562. The Balaban J connectivity index is 2.52.